The van der Waals surface area contributed by atoms with Crippen molar-refractivity contribution in [2.75, 3.05) is 17.7 Å². The summed E-state index contributed by atoms with van der Waals surface area (Å²) in [5.41, 5.74) is 1.47. The number of amides is 1. The van der Waals surface area contributed by atoms with Crippen molar-refractivity contribution in [2.24, 2.45) is 0 Å². The van der Waals surface area contributed by atoms with Crippen LogP contribution in [0.4, 0.5) is 11.6 Å². The van der Waals surface area contributed by atoms with Crippen LogP contribution in [0, 0.1) is 0 Å². The van der Waals surface area contributed by atoms with E-state index >= 15 is 0 Å². The Bertz CT molecular complexity index is 883. The number of carbonyl (C=O) groups is 1. The number of anilines is 2. The number of halogens is 1. The molecule has 6 nitrogen and oxygen atoms in total. The molecule has 0 saturated heterocycles. The van der Waals surface area contributed by atoms with Crippen LogP contribution < -0.4 is 15.4 Å². The second kappa shape index (κ2) is 8.31. The molecule has 0 saturated carbocycles. The van der Waals surface area contributed by atoms with Crippen LogP contribution in [-0.4, -0.2) is 23.2 Å². The third-order valence-corrected chi connectivity index (χ3v) is 4.04. The van der Waals surface area contributed by atoms with Crippen molar-refractivity contribution in [3.8, 4) is 5.75 Å². The molecule has 7 heteroatoms. The largest absolute Gasteiger partial charge is 0.497 e. The van der Waals surface area contributed by atoms with Crippen LogP contribution >= 0.6 is 11.6 Å². The lowest BCUT2D eigenvalue weighted by molar-refractivity contribution is 0.102. The van der Waals surface area contributed by atoms with Gasteiger partial charge in [-0.1, -0.05) is 29.8 Å². The van der Waals surface area contributed by atoms with E-state index in [2.05, 4.69) is 20.8 Å². The zero-order valence-electron chi connectivity index (χ0n) is 14.1. The highest BCUT2D eigenvalue weighted by molar-refractivity contribution is 6.31. The molecule has 0 radical (unpaired) electrons. The van der Waals surface area contributed by atoms with Gasteiger partial charge in [-0.05, 0) is 48.0 Å². The molecule has 0 unspecified atom stereocenters. The number of carbonyl (C=O) groups excluding carboxylic acids is 1. The van der Waals surface area contributed by atoms with Gasteiger partial charge < -0.3 is 15.4 Å². The number of aromatic nitrogens is 2. The highest BCUT2D eigenvalue weighted by Crippen LogP contribution is 2.17. The van der Waals surface area contributed by atoms with Crippen LogP contribution in [0.2, 0.25) is 5.02 Å². The highest BCUT2D eigenvalue weighted by atomic mass is 35.5. The SMILES string of the molecule is COc1ccc(C(=O)Nc2ccc(NCc3ccccc3Cl)nn2)cc1. The van der Waals surface area contributed by atoms with Crippen LogP contribution in [0.1, 0.15) is 15.9 Å². The number of methoxy groups -OCH3 is 1. The molecule has 132 valence electrons. The minimum atomic E-state index is -0.265. The molecule has 0 spiro atoms. The van der Waals surface area contributed by atoms with Gasteiger partial charge in [0.25, 0.3) is 5.91 Å². The molecule has 0 aliphatic rings. The van der Waals surface area contributed by atoms with Crippen LogP contribution in [-0.2, 0) is 6.54 Å². The van der Waals surface area contributed by atoms with E-state index in [1.807, 2.05) is 24.3 Å². The fourth-order valence-corrected chi connectivity index (χ4v) is 2.45. The maximum atomic E-state index is 12.2. The number of hydrogen-bond donors (Lipinski definition) is 2. The third-order valence-electron chi connectivity index (χ3n) is 3.68. The molecule has 1 heterocycles. The van der Waals surface area contributed by atoms with Crippen LogP contribution in [0.15, 0.2) is 60.7 Å². The van der Waals surface area contributed by atoms with E-state index in [0.717, 1.165) is 5.56 Å². The zero-order valence-corrected chi connectivity index (χ0v) is 14.8. The molecular weight excluding hydrogens is 352 g/mol. The lowest BCUT2D eigenvalue weighted by Gasteiger charge is -2.08. The summed E-state index contributed by atoms with van der Waals surface area (Å²) in [6.45, 7) is 0.534. The predicted molar refractivity (Wildman–Crippen MR) is 102 cm³/mol. The van der Waals surface area contributed by atoms with E-state index in [1.54, 1.807) is 43.5 Å². The van der Waals surface area contributed by atoms with Gasteiger partial charge in [-0.15, -0.1) is 10.2 Å². The van der Waals surface area contributed by atoms with E-state index in [1.165, 1.54) is 0 Å². The maximum absolute atomic E-state index is 12.2. The first-order valence-corrected chi connectivity index (χ1v) is 8.30. The minimum Gasteiger partial charge on any atom is -0.497 e. The van der Waals surface area contributed by atoms with E-state index in [0.29, 0.717) is 34.5 Å². The molecule has 2 N–H and O–H groups in total. The van der Waals surface area contributed by atoms with Gasteiger partial charge in [-0.2, -0.15) is 0 Å². The molecule has 0 bridgehead atoms. The number of nitrogens with zero attached hydrogens (tertiary/aromatic N) is 2. The Morgan fingerprint density at radius 2 is 1.69 bits per heavy atom. The average molecular weight is 369 g/mol. The summed E-state index contributed by atoms with van der Waals surface area (Å²) in [5, 5.41) is 14.6. The molecular formula is C19H17ClN4O2. The second-order valence-electron chi connectivity index (χ2n) is 5.43. The molecule has 3 aromatic rings. The number of ether oxygens (including phenoxy) is 1. The summed E-state index contributed by atoms with van der Waals surface area (Å²) >= 11 is 6.12. The van der Waals surface area contributed by atoms with Crippen molar-refractivity contribution in [1.82, 2.24) is 10.2 Å². The molecule has 3 rings (SSSR count). The minimum absolute atomic E-state index is 0.265. The van der Waals surface area contributed by atoms with Gasteiger partial charge >= 0.3 is 0 Å². The van der Waals surface area contributed by atoms with Gasteiger partial charge in [0, 0.05) is 17.1 Å². The summed E-state index contributed by atoms with van der Waals surface area (Å²) in [7, 11) is 1.58. The van der Waals surface area contributed by atoms with Gasteiger partial charge in [-0.25, -0.2) is 0 Å². The van der Waals surface area contributed by atoms with Crippen molar-refractivity contribution in [1.29, 1.82) is 0 Å². The lowest BCUT2D eigenvalue weighted by Crippen LogP contribution is -2.13. The number of hydrogen-bond acceptors (Lipinski definition) is 5. The fraction of sp³-hybridized carbons (Fsp3) is 0.105. The Morgan fingerprint density at radius 3 is 2.35 bits per heavy atom. The van der Waals surface area contributed by atoms with Gasteiger partial charge in [0.05, 0.1) is 7.11 Å². The van der Waals surface area contributed by atoms with Crippen LogP contribution in [0.5, 0.6) is 5.75 Å². The number of rotatable bonds is 6. The molecule has 0 fully saturated rings. The first-order valence-electron chi connectivity index (χ1n) is 7.92. The van der Waals surface area contributed by atoms with Gasteiger partial charge in [0.1, 0.15) is 11.6 Å². The Hall–Kier alpha value is -3.12. The summed E-state index contributed by atoms with van der Waals surface area (Å²) < 4.78 is 5.07. The molecule has 0 aliphatic heterocycles. The summed E-state index contributed by atoms with van der Waals surface area (Å²) in [4.78, 5) is 12.2. The van der Waals surface area contributed by atoms with Crippen LogP contribution in [0.25, 0.3) is 0 Å². The molecule has 1 amide bonds. The Labute approximate surface area is 156 Å². The average Bonchev–Trinajstić information content (AvgIpc) is 2.68. The number of benzene rings is 2. The quantitative estimate of drug-likeness (QED) is 0.687. The van der Waals surface area contributed by atoms with Crippen molar-refractivity contribution < 1.29 is 9.53 Å². The second-order valence-corrected chi connectivity index (χ2v) is 5.84. The first kappa shape index (κ1) is 17.7. The Morgan fingerprint density at radius 1 is 1.00 bits per heavy atom. The first-order chi connectivity index (χ1) is 12.7. The smallest absolute Gasteiger partial charge is 0.256 e. The molecule has 2 aromatic carbocycles. The maximum Gasteiger partial charge on any atom is 0.256 e. The summed E-state index contributed by atoms with van der Waals surface area (Å²) in [6.07, 6.45) is 0. The molecule has 0 aliphatic carbocycles. The molecule has 26 heavy (non-hydrogen) atoms. The van der Waals surface area contributed by atoms with E-state index < -0.39 is 0 Å². The third kappa shape index (κ3) is 4.49. The topological polar surface area (TPSA) is 76.1 Å². The summed E-state index contributed by atoms with van der Waals surface area (Å²) in [6, 6.07) is 17.8. The van der Waals surface area contributed by atoms with Gasteiger partial charge in [0.2, 0.25) is 0 Å². The van der Waals surface area contributed by atoms with Crippen molar-refractivity contribution in [3.63, 3.8) is 0 Å². The van der Waals surface area contributed by atoms with E-state index in [4.69, 9.17) is 16.3 Å². The van der Waals surface area contributed by atoms with Crippen LogP contribution in [0.3, 0.4) is 0 Å². The highest BCUT2D eigenvalue weighted by Gasteiger charge is 2.08. The predicted octanol–water partition coefficient (Wildman–Crippen LogP) is 4.00. The normalized spacial score (nSPS) is 10.2. The zero-order chi connectivity index (χ0) is 18.4. The standard InChI is InChI=1S/C19H17ClN4O2/c1-26-15-8-6-13(7-9-15)19(25)22-18-11-10-17(23-24-18)21-12-14-4-2-3-5-16(14)20/h2-11H,12H2,1H3,(H,21,23)(H,22,24,25). The monoisotopic (exact) mass is 368 g/mol. The van der Waals surface area contributed by atoms with Crippen molar-refractivity contribution >= 4 is 29.1 Å². The Kier molecular flexibility index (Phi) is 5.66. The fourth-order valence-electron chi connectivity index (χ4n) is 2.25. The number of nitrogens with one attached hydrogen (secondary N) is 2. The Balaban J connectivity index is 1.58. The summed E-state index contributed by atoms with van der Waals surface area (Å²) in [5.74, 6) is 1.38. The van der Waals surface area contributed by atoms with Gasteiger partial charge in [0.15, 0.2) is 5.82 Å². The van der Waals surface area contributed by atoms with E-state index in [9.17, 15) is 4.79 Å². The van der Waals surface area contributed by atoms with E-state index in [-0.39, 0.29) is 5.91 Å². The van der Waals surface area contributed by atoms with Crippen molar-refractivity contribution in [3.05, 3.63) is 76.8 Å². The molecule has 1 aromatic heterocycles. The lowest BCUT2D eigenvalue weighted by atomic mass is 10.2. The molecule has 0 atom stereocenters. The van der Waals surface area contributed by atoms with Gasteiger partial charge in [-0.3, -0.25) is 4.79 Å². The van der Waals surface area contributed by atoms with Crippen molar-refractivity contribution in [2.45, 2.75) is 6.54 Å².